The lowest BCUT2D eigenvalue weighted by Gasteiger charge is -2.13. The molecule has 0 aliphatic heterocycles. The zero-order valence-electron chi connectivity index (χ0n) is 67.2. The summed E-state index contributed by atoms with van der Waals surface area (Å²) in [7, 11) is 17.8. The summed E-state index contributed by atoms with van der Waals surface area (Å²) < 4.78 is 276. The average Bonchev–Trinajstić information content (AvgIpc) is 0.851. The highest BCUT2D eigenvalue weighted by Crippen LogP contribution is 2.25. The third-order valence-corrected chi connectivity index (χ3v) is 20.7. The number of hydrogen-bond acceptors (Lipinski definition) is 37. The molecule has 7 aromatic rings. The Kier molecular flexibility index (Phi) is 52.2. The van der Waals surface area contributed by atoms with E-state index in [1.807, 2.05) is 0 Å². The van der Waals surface area contributed by atoms with Crippen molar-refractivity contribution in [3.8, 4) is 5.75 Å². The number of phenolic OH excluding ortho intramolecular Hbond substituents is 1. The van der Waals surface area contributed by atoms with Gasteiger partial charge in [0.2, 0.25) is 0 Å². The zero-order chi connectivity index (χ0) is 98.6. The molecule has 682 valence electrons. The van der Waals surface area contributed by atoms with E-state index in [9.17, 15) is 138 Å². The van der Waals surface area contributed by atoms with Crippen molar-refractivity contribution < 1.29 is 171 Å². The molecule has 7 rings (SSSR count). The molecule has 7 aromatic carbocycles. The molecule has 18 radical (unpaired) electrons. The number of carbonyl (C=O) groups excluding carboxylic acids is 7. The minimum absolute atomic E-state index is 0.0491. The van der Waals surface area contributed by atoms with Crippen molar-refractivity contribution in [2.45, 2.75) is 56.9 Å². The molecule has 0 unspecified atom stereocenters. The number of carbonyl (C=O) groups is 7. The van der Waals surface area contributed by atoms with E-state index in [0.717, 1.165) is 29.3 Å². The SMILES string of the molecule is [B]Cc1cc(C[B])c(N)c(C(=O)OCCS(=O)(=O)[O-])c1.[B]Cc1ccc(C(=O)OCCS(=O)(=O)[O-])c(Cl)c1.[B]Cc1ccc(C(=O)OCCS(=O)(=O)[O-])cc1O.[B]Cc1ccc(C[B])c(C(=O)OCCS(=O)(=O)[O-])c1.[B]Cc1ccc(Cl)c(C(=O)OCCS(=O)(=O)[O-])c1.[B]Cc1ccc(F)c(C(=O)OCCS(=O)(=O)[O-])c1.[B]Cc1cccc(F)c1C(=O)OCCS(=O)(=O)[O-]. The first kappa shape index (κ1) is 118. The van der Waals surface area contributed by atoms with Gasteiger partial charge in [-0.25, -0.2) is 101 Å². The first-order valence-electron chi connectivity index (χ1n) is 35.9. The van der Waals surface area contributed by atoms with E-state index in [1.54, 1.807) is 30.3 Å². The quantitative estimate of drug-likeness (QED) is 0.0177. The number of rotatable bonds is 37. The van der Waals surface area contributed by atoms with Gasteiger partial charge in [0.15, 0.2) is 0 Å². The van der Waals surface area contributed by atoms with Crippen molar-refractivity contribution >= 4 is 212 Å². The fourth-order valence-corrected chi connectivity index (χ4v) is 11.4. The van der Waals surface area contributed by atoms with Crippen molar-refractivity contribution in [3.05, 3.63) is 232 Å². The lowest BCUT2D eigenvalue weighted by atomic mass is 9.88. The molecular weight excluding hydrogens is 1890 g/mol. The van der Waals surface area contributed by atoms with Crippen LogP contribution in [0.25, 0.3) is 0 Å². The molecule has 0 atom stereocenters. The second-order valence-electron chi connectivity index (χ2n) is 24.9. The van der Waals surface area contributed by atoms with Gasteiger partial charge in [-0.15, -0.1) is 0 Å². The molecule has 3 N–H and O–H groups in total. The fraction of sp³-hybridized carbons (Fsp3) is 0.319. The van der Waals surface area contributed by atoms with Crippen LogP contribution >= 0.6 is 23.2 Å². The van der Waals surface area contributed by atoms with Crippen LogP contribution in [0.15, 0.2) is 121 Å². The number of anilines is 1. The Bertz CT molecular complexity index is 5770. The van der Waals surface area contributed by atoms with Crippen LogP contribution < -0.4 is 5.73 Å². The third-order valence-electron chi connectivity index (χ3n) is 15.3. The highest BCUT2D eigenvalue weighted by Gasteiger charge is 2.22. The number of nitrogen functional groups attached to an aromatic ring is 1. The standard InChI is InChI=1S/C11H13B2NO5S.C11H12B2O5S.2C10H10BClO5S.2C10H10BFO5S.C10H11BO6S/c12-5-7-3-8(6-13)10(14)9(4-7)11(15)19-1-2-20(16,17)18;12-6-8-1-2-9(7-13)10(5-8)11(14)18-3-4-19(15,16)17;11-6-7-1-2-9(12)8(5-7)10(13)17-3-4-18(14,15)16;11-6-7-1-2-8(9(12)5-7)10(13)17-3-4-18(14,15)16;11-6-7-1-2-9(12)8(5-7)10(13)17-3-4-18(14,15)16;11-6-7-2-1-3-8(12)9(7)10(13)17-4-5-18(14,15)16;11-6-8-2-1-7(5-9(8)12)10(13)17-3-4-18(14,15)16/h3-4H,1-2,5-6,14H2,(H,16,17,18);1-2,5H,3-4,6-7H2,(H,15,16,17);3*1-2,5H,3-4,6H2,(H,14,15,16);1-3H,4-6H2,(H,14,15,16);1-2,5,12H,3-4,6H2,(H,14,15,16)/p-7. The molecule has 0 aromatic heterocycles. The van der Waals surface area contributed by atoms with Gasteiger partial charge in [-0.05, 0) is 89.0 Å². The van der Waals surface area contributed by atoms with Gasteiger partial charge in [-0.3, -0.25) is 0 Å². The lowest BCUT2D eigenvalue weighted by molar-refractivity contribution is 0.0511. The molecule has 0 amide bonds. The van der Waals surface area contributed by atoms with E-state index < -0.39 is 211 Å². The average molecular weight is 1950 g/mol. The molecule has 0 fully saturated rings. The van der Waals surface area contributed by atoms with Gasteiger partial charge in [0.25, 0.3) is 0 Å². The van der Waals surface area contributed by atoms with Gasteiger partial charge in [0.1, 0.15) is 63.6 Å². The second kappa shape index (κ2) is 57.2. The monoisotopic (exact) mass is 1950 g/mol. The minimum Gasteiger partial charge on any atom is -0.748 e. The molecule has 0 bridgehead atoms. The third kappa shape index (κ3) is 49.6. The highest BCUT2D eigenvalue weighted by atomic mass is 35.5. The Labute approximate surface area is 765 Å². The van der Waals surface area contributed by atoms with Crippen molar-refractivity contribution in [2.24, 2.45) is 0 Å². The summed E-state index contributed by atoms with van der Waals surface area (Å²) in [5.41, 5.74) is 10.9. The molecular formula is C72H69B9Cl2F2NO36S7-7. The smallest absolute Gasteiger partial charge is 0.341 e. The topological polar surface area (TPSA) is 631 Å². The summed E-state index contributed by atoms with van der Waals surface area (Å²) in [6.07, 6.45) is 1.37. The van der Waals surface area contributed by atoms with Gasteiger partial charge >= 0.3 is 41.8 Å². The van der Waals surface area contributed by atoms with Crippen LogP contribution in [0.4, 0.5) is 14.5 Å². The van der Waals surface area contributed by atoms with E-state index >= 15 is 0 Å². The van der Waals surface area contributed by atoms with Crippen LogP contribution in [0.2, 0.25) is 10.0 Å². The van der Waals surface area contributed by atoms with Crippen molar-refractivity contribution in [1.29, 1.82) is 0 Å². The van der Waals surface area contributed by atoms with Crippen molar-refractivity contribution in [3.63, 3.8) is 0 Å². The number of ether oxygens (including phenoxy) is 7. The Morgan fingerprint density at radius 3 is 1.01 bits per heavy atom. The van der Waals surface area contributed by atoms with Gasteiger partial charge in [0.05, 0.1) is 231 Å². The predicted molar refractivity (Wildman–Crippen MR) is 460 cm³/mol. The number of phenols is 1. The largest absolute Gasteiger partial charge is 0.748 e. The van der Waals surface area contributed by atoms with E-state index in [4.69, 9.17) is 109 Å². The molecule has 0 heterocycles. The zero-order valence-corrected chi connectivity index (χ0v) is 74.4. The van der Waals surface area contributed by atoms with Crippen molar-refractivity contribution in [1.82, 2.24) is 0 Å². The van der Waals surface area contributed by atoms with E-state index in [1.165, 1.54) is 72.8 Å². The summed E-state index contributed by atoms with van der Waals surface area (Å²) in [6, 6.07) is 28.8. The van der Waals surface area contributed by atoms with E-state index in [0.29, 0.717) is 33.4 Å². The molecule has 0 spiro atoms. The van der Waals surface area contributed by atoms with Crippen LogP contribution in [0.5, 0.6) is 5.75 Å². The maximum Gasteiger partial charge on any atom is 0.341 e. The summed E-state index contributed by atoms with van der Waals surface area (Å²) >= 11 is 11.6. The Morgan fingerprint density at radius 1 is 0.302 bits per heavy atom. The normalized spacial score (nSPS) is 11.2. The van der Waals surface area contributed by atoms with Crippen LogP contribution in [0, 0.1) is 11.6 Å². The first-order chi connectivity index (χ1) is 59.8. The van der Waals surface area contributed by atoms with Gasteiger partial charge in [-0.1, -0.05) is 162 Å². The predicted octanol–water partition coefficient (Wildman–Crippen LogP) is 0.610. The van der Waals surface area contributed by atoms with Gasteiger partial charge in [0, 0.05) is 5.69 Å². The Balaban J connectivity index is 0.000000753. The number of benzene rings is 7. The van der Waals surface area contributed by atoms with Crippen LogP contribution in [-0.4, -0.2) is 295 Å². The van der Waals surface area contributed by atoms with Crippen LogP contribution in [-0.2, 0) is 161 Å². The number of aromatic hydroxyl groups is 1. The molecule has 129 heavy (non-hydrogen) atoms. The molecule has 0 saturated heterocycles. The highest BCUT2D eigenvalue weighted by molar-refractivity contribution is 7.87. The second-order valence-corrected chi connectivity index (χ2v) is 36.4. The van der Waals surface area contributed by atoms with Crippen LogP contribution in [0.3, 0.4) is 0 Å². The van der Waals surface area contributed by atoms with Gasteiger partial charge < -0.3 is 75.9 Å². The molecule has 0 saturated carbocycles. The maximum atomic E-state index is 13.4. The van der Waals surface area contributed by atoms with Gasteiger partial charge in [-0.2, -0.15) is 0 Å². The molecule has 0 aliphatic rings. The van der Waals surface area contributed by atoms with E-state index in [2.05, 4.69) is 23.7 Å². The van der Waals surface area contributed by atoms with Crippen LogP contribution in [0.1, 0.15) is 123 Å². The Hall–Kier alpha value is -9.18. The summed E-state index contributed by atoms with van der Waals surface area (Å²) in [6.45, 7) is -3.78. The summed E-state index contributed by atoms with van der Waals surface area (Å²) in [4.78, 5) is 81.0. The number of nitrogens with two attached hydrogens (primary N) is 1. The molecule has 57 heteroatoms. The van der Waals surface area contributed by atoms with Crippen molar-refractivity contribution in [2.75, 3.05) is 92.3 Å². The maximum absolute atomic E-state index is 13.4. The molecule has 37 nitrogen and oxygen atoms in total. The number of hydrogen-bond donors (Lipinski definition) is 2. The summed E-state index contributed by atoms with van der Waals surface area (Å²) in [5.74, 6) is -13.4. The fourth-order valence-electron chi connectivity index (χ4n) is 8.95. The number of halogens is 4. The first-order valence-corrected chi connectivity index (χ1v) is 47.7. The summed E-state index contributed by atoms with van der Waals surface area (Å²) in [5, 5.41) is 9.79. The van der Waals surface area contributed by atoms with E-state index in [-0.39, 0.29) is 123 Å². The minimum atomic E-state index is -4.47. The Morgan fingerprint density at radius 2 is 0.620 bits per heavy atom. The number of esters is 7. The lowest BCUT2D eigenvalue weighted by Crippen LogP contribution is -2.17. The molecule has 0 aliphatic carbocycles.